The van der Waals surface area contributed by atoms with E-state index < -0.39 is 4.92 Å². The van der Waals surface area contributed by atoms with Gasteiger partial charge in [-0.15, -0.1) is 0 Å². The lowest BCUT2D eigenvalue weighted by molar-refractivity contribution is -0.380. The summed E-state index contributed by atoms with van der Waals surface area (Å²) < 4.78 is 0.621. The Morgan fingerprint density at radius 2 is 2.27 bits per heavy atom. The molecule has 0 bridgehead atoms. The van der Waals surface area contributed by atoms with Crippen molar-refractivity contribution in [1.29, 1.82) is 5.26 Å². The number of nitrogens with zero attached hydrogens (tertiary/aromatic N) is 2. The SMILES string of the molecule is N#Cc1c([N+](=O)[O-])sc2ccc(O)cc12. The molecule has 0 amide bonds. The molecule has 1 N–H and O–H groups in total. The Balaban J connectivity index is 2.87. The van der Waals surface area contributed by atoms with Crippen LogP contribution in [-0.4, -0.2) is 10.0 Å². The summed E-state index contributed by atoms with van der Waals surface area (Å²) in [6.07, 6.45) is 0. The van der Waals surface area contributed by atoms with E-state index in [9.17, 15) is 15.2 Å². The summed E-state index contributed by atoms with van der Waals surface area (Å²) in [5.74, 6) is -0.00769. The maximum absolute atomic E-state index is 10.6. The van der Waals surface area contributed by atoms with Gasteiger partial charge in [0.2, 0.25) is 0 Å². The van der Waals surface area contributed by atoms with Crippen LogP contribution in [0.2, 0.25) is 0 Å². The highest BCUT2D eigenvalue weighted by Gasteiger charge is 2.21. The summed E-state index contributed by atoms with van der Waals surface area (Å²) in [5.41, 5.74) is 0.0101. The number of hydrogen-bond donors (Lipinski definition) is 1. The average Bonchev–Trinajstić information content (AvgIpc) is 2.55. The van der Waals surface area contributed by atoms with Gasteiger partial charge in [-0.25, -0.2) is 0 Å². The second-order valence-electron chi connectivity index (χ2n) is 2.83. The third-order valence-electron chi connectivity index (χ3n) is 1.93. The van der Waals surface area contributed by atoms with Gasteiger partial charge in [0.05, 0.1) is 4.92 Å². The molecule has 15 heavy (non-hydrogen) atoms. The zero-order valence-corrected chi connectivity index (χ0v) is 8.11. The van der Waals surface area contributed by atoms with E-state index in [2.05, 4.69) is 0 Å². The molecule has 0 saturated heterocycles. The lowest BCUT2D eigenvalue weighted by Gasteiger charge is -1.90. The Hall–Kier alpha value is -2.13. The number of aromatic hydroxyl groups is 1. The van der Waals surface area contributed by atoms with Crippen LogP contribution in [0.5, 0.6) is 5.75 Å². The van der Waals surface area contributed by atoms with Crippen LogP contribution in [0.1, 0.15) is 5.56 Å². The number of thiophene rings is 1. The van der Waals surface area contributed by atoms with E-state index in [1.807, 2.05) is 0 Å². The number of rotatable bonds is 1. The summed E-state index contributed by atoms with van der Waals surface area (Å²) in [6.45, 7) is 0. The van der Waals surface area contributed by atoms with Crippen LogP contribution in [0.25, 0.3) is 10.1 Å². The number of nitro groups is 1. The molecular weight excluding hydrogens is 216 g/mol. The highest BCUT2D eigenvalue weighted by atomic mass is 32.1. The maximum atomic E-state index is 10.6. The number of phenolic OH excluding ortho intramolecular Hbond substituents is 1. The molecule has 0 aliphatic rings. The van der Waals surface area contributed by atoms with Gasteiger partial charge in [-0.05, 0) is 18.2 Å². The normalized spacial score (nSPS) is 10.1. The minimum atomic E-state index is -0.583. The van der Waals surface area contributed by atoms with Crippen molar-refractivity contribution in [2.24, 2.45) is 0 Å². The number of benzene rings is 1. The van der Waals surface area contributed by atoms with Gasteiger partial charge in [-0.3, -0.25) is 10.1 Å². The van der Waals surface area contributed by atoms with Gasteiger partial charge in [0.1, 0.15) is 17.4 Å². The number of phenols is 1. The minimum Gasteiger partial charge on any atom is -0.508 e. The van der Waals surface area contributed by atoms with Crippen molar-refractivity contribution < 1.29 is 10.0 Å². The second-order valence-corrected chi connectivity index (χ2v) is 3.86. The van der Waals surface area contributed by atoms with Crippen molar-refractivity contribution in [3.05, 3.63) is 33.9 Å². The van der Waals surface area contributed by atoms with Crippen LogP contribution < -0.4 is 0 Å². The largest absolute Gasteiger partial charge is 0.508 e. The predicted molar refractivity (Wildman–Crippen MR) is 54.9 cm³/mol. The number of nitriles is 1. The summed E-state index contributed by atoms with van der Waals surface area (Å²) in [5, 5.41) is 28.9. The molecule has 0 aliphatic heterocycles. The molecule has 74 valence electrons. The van der Waals surface area contributed by atoms with Gasteiger partial charge < -0.3 is 5.11 Å². The van der Waals surface area contributed by atoms with Crippen LogP contribution in [0.15, 0.2) is 18.2 Å². The fourth-order valence-electron chi connectivity index (χ4n) is 1.31. The van der Waals surface area contributed by atoms with Crippen molar-refractivity contribution in [3.63, 3.8) is 0 Å². The highest BCUT2D eigenvalue weighted by Crippen LogP contribution is 2.37. The molecule has 2 rings (SSSR count). The Morgan fingerprint density at radius 3 is 2.87 bits per heavy atom. The van der Waals surface area contributed by atoms with Crippen molar-refractivity contribution in [1.82, 2.24) is 0 Å². The molecule has 1 aromatic carbocycles. The summed E-state index contributed by atoms with van der Waals surface area (Å²) >= 11 is 0.933. The molecule has 0 unspecified atom stereocenters. The van der Waals surface area contributed by atoms with E-state index in [0.29, 0.717) is 10.1 Å². The highest BCUT2D eigenvalue weighted by molar-refractivity contribution is 7.22. The van der Waals surface area contributed by atoms with Crippen LogP contribution in [0, 0.1) is 21.4 Å². The molecule has 6 heteroatoms. The van der Waals surface area contributed by atoms with Gasteiger partial charge in [0.25, 0.3) is 0 Å². The van der Waals surface area contributed by atoms with Gasteiger partial charge in [0.15, 0.2) is 0 Å². The predicted octanol–water partition coefficient (Wildman–Crippen LogP) is 2.39. The van der Waals surface area contributed by atoms with E-state index in [4.69, 9.17) is 5.26 Å². The zero-order chi connectivity index (χ0) is 11.0. The van der Waals surface area contributed by atoms with E-state index in [1.165, 1.54) is 12.1 Å². The topological polar surface area (TPSA) is 87.2 Å². The van der Waals surface area contributed by atoms with Crippen molar-refractivity contribution >= 4 is 26.4 Å². The third-order valence-corrected chi connectivity index (χ3v) is 3.05. The molecule has 0 fully saturated rings. The van der Waals surface area contributed by atoms with Crippen LogP contribution in [0.3, 0.4) is 0 Å². The van der Waals surface area contributed by atoms with E-state index in [0.717, 1.165) is 11.3 Å². The lowest BCUT2D eigenvalue weighted by atomic mass is 10.2. The van der Waals surface area contributed by atoms with Crippen molar-refractivity contribution in [2.45, 2.75) is 0 Å². The molecule has 0 saturated carbocycles. The second kappa shape index (κ2) is 3.22. The molecule has 0 aliphatic carbocycles. The zero-order valence-electron chi connectivity index (χ0n) is 7.30. The fourth-order valence-corrected chi connectivity index (χ4v) is 2.26. The average molecular weight is 220 g/mol. The first-order valence-electron chi connectivity index (χ1n) is 3.93. The van der Waals surface area contributed by atoms with Gasteiger partial charge in [-0.2, -0.15) is 5.26 Å². The Labute approximate surface area is 88.0 Å². The van der Waals surface area contributed by atoms with Crippen molar-refractivity contribution in [3.8, 4) is 11.8 Å². The van der Waals surface area contributed by atoms with E-state index in [1.54, 1.807) is 12.1 Å². The molecule has 0 atom stereocenters. The van der Waals surface area contributed by atoms with Crippen LogP contribution in [-0.2, 0) is 0 Å². The number of fused-ring (bicyclic) bond motifs is 1. The van der Waals surface area contributed by atoms with Gasteiger partial charge in [0, 0.05) is 10.1 Å². The maximum Gasteiger partial charge on any atom is 0.343 e. The van der Waals surface area contributed by atoms with Gasteiger partial charge >= 0.3 is 5.00 Å². The first kappa shape index (κ1) is 9.43. The van der Waals surface area contributed by atoms with Gasteiger partial charge in [-0.1, -0.05) is 11.3 Å². The molecule has 0 spiro atoms. The summed E-state index contributed by atoms with van der Waals surface area (Å²) in [6, 6.07) is 6.14. The Bertz CT molecular complexity index is 597. The minimum absolute atomic E-state index is 0.00769. The first-order chi connectivity index (χ1) is 7.13. The van der Waals surface area contributed by atoms with E-state index >= 15 is 0 Å². The molecule has 5 nitrogen and oxygen atoms in total. The molecular formula is C9H4N2O3S. The third kappa shape index (κ3) is 1.39. The molecule has 1 aromatic heterocycles. The summed E-state index contributed by atoms with van der Waals surface area (Å²) in [7, 11) is 0. The van der Waals surface area contributed by atoms with E-state index in [-0.39, 0.29) is 16.3 Å². The standard InChI is InChI=1S/C9H4N2O3S/c10-4-7-6-3-5(12)1-2-8(6)15-9(7)11(13)14/h1-3,12H. The van der Waals surface area contributed by atoms with Crippen molar-refractivity contribution in [2.75, 3.05) is 0 Å². The smallest absolute Gasteiger partial charge is 0.343 e. The lowest BCUT2D eigenvalue weighted by Crippen LogP contribution is -1.86. The Kier molecular flexibility index (Phi) is 2.02. The first-order valence-corrected chi connectivity index (χ1v) is 4.75. The quantitative estimate of drug-likeness (QED) is 0.590. The molecule has 0 radical (unpaired) electrons. The molecule has 1 heterocycles. The monoisotopic (exact) mass is 220 g/mol. The van der Waals surface area contributed by atoms with Crippen LogP contribution in [0.4, 0.5) is 5.00 Å². The Morgan fingerprint density at radius 1 is 1.53 bits per heavy atom. The van der Waals surface area contributed by atoms with Crippen LogP contribution >= 0.6 is 11.3 Å². The number of hydrogen-bond acceptors (Lipinski definition) is 5. The summed E-state index contributed by atoms with van der Waals surface area (Å²) in [4.78, 5) is 10.1. The molecule has 2 aromatic rings. The fraction of sp³-hybridized carbons (Fsp3) is 0.